The van der Waals surface area contributed by atoms with Crippen LogP contribution >= 0.6 is 11.3 Å². The molecule has 1 aromatic heterocycles. The summed E-state index contributed by atoms with van der Waals surface area (Å²) in [4.78, 5) is 29.8. The lowest BCUT2D eigenvalue weighted by molar-refractivity contribution is -0.132. The van der Waals surface area contributed by atoms with Crippen LogP contribution in [0.3, 0.4) is 0 Å². The summed E-state index contributed by atoms with van der Waals surface area (Å²) in [6.07, 6.45) is 4.66. The van der Waals surface area contributed by atoms with Crippen LogP contribution in [0.15, 0.2) is 16.8 Å². The average Bonchev–Trinajstić information content (AvgIpc) is 3.36. The fourth-order valence-corrected chi connectivity index (χ4v) is 6.05. The lowest BCUT2D eigenvalue weighted by atomic mass is 9.75. The summed E-state index contributed by atoms with van der Waals surface area (Å²) in [5, 5.41) is 7.44. The summed E-state index contributed by atoms with van der Waals surface area (Å²) >= 11 is 1.64. The molecule has 3 aliphatic rings. The zero-order valence-electron chi connectivity index (χ0n) is 16.4. The zero-order chi connectivity index (χ0) is 19.0. The molecule has 1 aromatic rings. The largest absolute Gasteiger partial charge is 0.350 e. The van der Waals surface area contributed by atoms with Gasteiger partial charge >= 0.3 is 0 Å². The molecule has 3 aliphatic heterocycles. The number of fused-ring (bicyclic) bond motifs is 2. The minimum Gasteiger partial charge on any atom is -0.350 e. The molecule has 3 fully saturated rings. The van der Waals surface area contributed by atoms with Crippen LogP contribution in [0.5, 0.6) is 0 Å². The van der Waals surface area contributed by atoms with Crippen LogP contribution in [-0.4, -0.2) is 59.4 Å². The van der Waals surface area contributed by atoms with Crippen molar-refractivity contribution in [2.75, 3.05) is 26.2 Å². The molecule has 2 amide bonds. The maximum absolute atomic E-state index is 12.7. The molecule has 1 N–H and O–H groups in total. The predicted molar refractivity (Wildman–Crippen MR) is 108 cm³/mol. The van der Waals surface area contributed by atoms with Crippen LogP contribution in [0.2, 0.25) is 0 Å². The molecule has 0 saturated carbocycles. The third-order valence-corrected chi connectivity index (χ3v) is 7.77. The maximum Gasteiger partial charge on any atom is 0.227 e. The van der Waals surface area contributed by atoms with Crippen LogP contribution < -0.4 is 5.32 Å². The van der Waals surface area contributed by atoms with Gasteiger partial charge in [-0.05, 0) is 48.6 Å². The van der Waals surface area contributed by atoms with Crippen molar-refractivity contribution in [1.29, 1.82) is 0 Å². The molecule has 148 valence electrons. The fraction of sp³-hybridized carbons (Fsp3) is 0.714. The van der Waals surface area contributed by atoms with E-state index in [-0.39, 0.29) is 23.3 Å². The predicted octanol–water partition coefficient (Wildman–Crippen LogP) is 2.52. The third kappa shape index (κ3) is 3.54. The van der Waals surface area contributed by atoms with Crippen LogP contribution in [0.25, 0.3) is 0 Å². The fourth-order valence-electron chi connectivity index (χ4n) is 5.38. The number of carbonyl (C=O) groups is 2. The highest BCUT2D eigenvalue weighted by molar-refractivity contribution is 7.08. The van der Waals surface area contributed by atoms with Gasteiger partial charge in [0.25, 0.3) is 0 Å². The van der Waals surface area contributed by atoms with Gasteiger partial charge in [0.2, 0.25) is 11.8 Å². The Bertz CT molecular complexity index is 682. The number of rotatable bonds is 5. The topological polar surface area (TPSA) is 52.7 Å². The summed E-state index contributed by atoms with van der Waals surface area (Å²) < 4.78 is 0. The molecule has 0 unspecified atom stereocenters. The zero-order valence-corrected chi connectivity index (χ0v) is 17.3. The van der Waals surface area contributed by atoms with Crippen molar-refractivity contribution in [2.24, 2.45) is 11.8 Å². The van der Waals surface area contributed by atoms with Crippen molar-refractivity contribution in [3.05, 3.63) is 22.4 Å². The van der Waals surface area contributed by atoms with E-state index in [1.54, 1.807) is 11.3 Å². The molecule has 0 radical (unpaired) electrons. The van der Waals surface area contributed by atoms with E-state index in [1.807, 2.05) is 16.3 Å². The molecule has 3 atom stereocenters. The number of hydrogen-bond acceptors (Lipinski definition) is 4. The first-order valence-corrected chi connectivity index (χ1v) is 11.3. The minimum atomic E-state index is -0.0956. The summed E-state index contributed by atoms with van der Waals surface area (Å²) in [6.45, 7) is 7.97. The molecular formula is C21H31N3O2S. The number of hydrogen-bond donors (Lipinski definition) is 1. The van der Waals surface area contributed by atoms with Gasteiger partial charge in [0.1, 0.15) is 0 Å². The normalized spacial score (nSPS) is 28.4. The van der Waals surface area contributed by atoms with E-state index in [0.29, 0.717) is 18.4 Å². The number of thiophene rings is 1. The van der Waals surface area contributed by atoms with E-state index in [4.69, 9.17) is 0 Å². The lowest BCUT2D eigenvalue weighted by Gasteiger charge is -2.43. The molecule has 5 nitrogen and oxygen atoms in total. The van der Waals surface area contributed by atoms with E-state index in [9.17, 15) is 9.59 Å². The molecule has 27 heavy (non-hydrogen) atoms. The molecule has 3 saturated heterocycles. The van der Waals surface area contributed by atoms with Crippen molar-refractivity contribution in [3.63, 3.8) is 0 Å². The highest BCUT2D eigenvalue weighted by atomic mass is 32.1. The second-order valence-corrected chi connectivity index (χ2v) is 9.42. The Morgan fingerprint density at radius 1 is 1.37 bits per heavy atom. The van der Waals surface area contributed by atoms with Gasteiger partial charge in [0.15, 0.2) is 0 Å². The number of nitrogens with one attached hydrogen (secondary N) is 1. The quantitative estimate of drug-likeness (QED) is 0.842. The van der Waals surface area contributed by atoms with E-state index in [1.165, 1.54) is 12.8 Å². The lowest BCUT2D eigenvalue weighted by Crippen LogP contribution is -2.56. The second-order valence-electron chi connectivity index (χ2n) is 8.64. The van der Waals surface area contributed by atoms with Crippen molar-refractivity contribution < 1.29 is 9.59 Å². The van der Waals surface area contributed by atoms with Crippen LogP contribution in [-0.2, 0) is 16.0 Å². The Kier molecular flexibility index (Phi) is 5.30. The van der Waals surface area contributed by atoms with Gasteiger partial charge in [0, 0.05) is 43.7 Å². The van der Waals surface area contributed by atoms with E-state index < -0.39 is 0 Å². The van der Waals surface area contributed by atoms with E-state index >= 15 is 0 Å². The smallest absolute Gasteiger partial charge is 0.227 e. The number of nitrogens with zero attached hydrogens (tertiary/aromatic N) is 2. The van der Waals surface area contributed by atoms with Crippen molar-refractivity contribution in [1.82, 2.24) is 15.1 Å². The Labute approximate surface area is 166 Å². The van der Waals surface area contributed by atoms with E-state index in [0.717, 1.165) is 44.6 Å². The summed E-state index contributed by atoms with van der Waals surface area (Å²) in [5.74, 6) is 0.994. The Morgan fingerprint density at radius 3 is 2.81 bits per heavy atom. The van der Waals surface area contributed by atoms with Crippen LogP contribution in [0, 0.1) is 11.8 Å². The molecule has 0 aliphatic carbocycles. The van der Waals surface area contributed by atoms with E-state index in [2.05, 4.69) is 29.4 Å². The van der Waals surface area contributed by atoms with Gasteiger partial charge < -0.3 is 10.2 Å². The van der Waals surface area contributed by atoms with Crippen LogP contribution in [0.1, 0.15) is 45.1 Å². The van der Waals surface area contributed by atoms with Gasteiger partial charge in [-0.2, -0.15) is 11.3 Å². The highest BCUT2D eigenvalue weighted by Gasteiger charge is 2.57. The number of piperidine rings is 1. The third-order valence-electron chi connectivity index (χ3n) is 7.04. The summed E-state index contributed by atoms with van der Waals surface area (Å²) in [5.41, 5.74) is 1.01. The number of likely N-dealkylation sites (tertiary alicyclic amines) is 2. The van der Waals surface area contributed by atoms with Gasteiger partial charge in [-0.25, -0.2) is 0 Å². The molecule has 1 spiro atoms. The Hall–Kier alpha value is -1.40. The summed E-state index contributed by atoms with van der Waals surface area (Å²) in [7, 11) is 0. The Balaban J connectivity index is 1.39. The Morgan fingerprint density at radius 2 is 2.15 bits per heavy atom. The maximum atomic E-state index is 12.7. The van der Waals surface area contributed by atoms with Crippen molar-refractivity contribution >= 4 is 23.2 Å². The van der Waals surface area contributed by atoms with Crippen molar-refractivity contribution in [3.8, 4) is 0 Å². The molecule has 4 rings (SSSR count). The molecule has 6 heteroatoms. The monoisotopic (exact) mass is 389 g/mol. The first-order chi connectivity index (χ1) is 13.0. The average molecular weight is 390 g/mol. The van der Waals surface area contributed by atoms with Gasteiger partial charge in [-0.3, -0.25) is 14.5 Å². The molecule has 4 heterocycles. The first-order valence-electron chi connectivity index (χ1n) is 10.4. The van der Waals surface area contributed by atoms with Gasteiger partial charge in [-0.15, -0.1) is 0 Å². The van der Waals surface area contributed by atoms with Gasteiger partial charge in [0.05, 0.1) is 12.3 Å². The van der Waals surface area contributed by atoms with Gasteiger partial charge in [-0.1, -0.05) is 13.3 Å². The summed E-state index contributed by atoms with van der Waals surface area (Å²) in [6, 6.07) is 2.58. The standard InChI is InChI=1S/C21H31N3O2S/c1-3-4-15(2)24-12-17-18(13-24)21(22-20(17)26)6-8-23(9-7-21)19(25)11-16-5-10-27-14-16/h5,10,14-15,17-18H,3-4,6-9,11-13H2,1-2H3,(H,22,26)/t15-,17-,18+/m1/s1. The molecule has 0 aromatic carbocycles. The number of carbonyl (C=O) groups excluding carboxylic acids is 2. The SMILES string of the molecule is CCC[C@@H](C)N1C[C@H]2C(=O)NC3(CCN(C(=O)Cc4ccsc4)CC3)[C@H]2C1. The molecule has 0 bridgehead atoms. The highest BCUT2D eigenvalue weighted by Crippen LogP contribution is 2.44. The van der Waals surface area contributed by atoms with Crippen LogP contribution in [0.4, 0.5) is 0 Å². The molecular weight excluding hydrogens is 358 g/mol. The first kappa shape index (κ1) is 18.9. The van der Waals surface area contributed by atoms with Crippen molar-refractivity contribution in [2.45, 2.75) is 57.5 Å². The number of amides is 2. The minimum absolute atomic E-state index is 0.0956. The second kappa shape index (κ2) is 7.55.